The summed E-state index contributed by atoms with van der Waals surface area (Å²) in [6, 6.07) is 15.3. The van der Waals surface area contributed by atoms with E-state index in [1.54, 1.807) is 12.5 Å². The maximum atomic E-state index is 6.16. The van der Waals surface area contributed by atoms with Crippen LogP contribution in [0.1, 0.15) is 11.5 Å². The smallest absolute Gasteiger partial charge is 0.137 e. The van der Waals surface area contributed by atoms with E-state index in [1.807, 2.05) is 59.3 Å². The molecule has 0 fully saturated rings. The Balaban J connectivity index is 1.77. The lowest BCUT2D eigenvalue weighted by Gasteiger charge is -2.19. The third-order valence-electron chi connectivity index (χ3n) is 3.61. The van der Waals surface area contributed by atoms with Gasteiger partial charge in [0.25, 0.3) is 0 Å². The van der Waals surface area contributed by atoms with Crippen molar-refractivity contribution in [3.05, 3.63) is 82.9 Å². The highest BCUT2D eigenvalue weighted by molar-refractivity contribution is 6.32. The van der Waals surface area contributed by atoms with Gasteiger partial charge < -0.3 is 9.30 Å². The van der Waals surface area contributed by atoms with Gasteiger partial charge in [0.15, 0.2) is 0 Å². The van der Waals surface area contributed by atoms with Crippen molar-refractivity contribution < 1.29 is 4.74 Å². The first kappa shape index (κ1) is 15.9. The molecular formula is C18H16Cl2N2O. The molecule has 23 heavy (non-hydrogen) atoms. The standard InChI is InChI=1S/C18H16Cl2N2O/c19-16-7-5-14(6-8-16)15(11-22-10-9-21-13-22)12-23-18-4-2-1-3-17(18)20/h1-10,13,15H,11-12H2. The molecule has 0 N–H and O–H groups in total. The molecule has 1 heterocycles. The second kappa shape index (κ2) is 7.53. The molecule has 0 radical (unpaired) electrons. The van der Waals surface area contributed by atoms with Crippen molar-refractivity contribution in [2.75, 3.05) is 6.61 Å². The van der Waals surface area contributed by atoms with Crippen molar-refractivity contribution in [1.82, 2.24) is 9.55 Å². The summed E-state index contributed by atoms with van der Waals surface area (Å²) in [7, 11) is 0. The van der Waals surface area contributed by atoms with E-state index in [4.69, 9.17) is 27.9 Å². The van der Waals surface area contributed by atoms with Gasteiger partial charge in [-0.2, -0.15) is 0 Å². The van der Waals surface area contributed by atoms with Crippen LogP contribution in [0.15, 0.2) is 67.3 Å². The van der Waals surface area contributed by atoms with Crippen LogP contribution in [0.3, 0.4) is 0 Å². The predicted molar refractivity (Wildman–Crippen MR) is 93.4 cm³/mol. The molecule has 1 atom stereocenters. The molecule has 0 saturated heterocycles. The Morgan fingerprint density at radius 1 is 1.04 bits per heavy atom. The number of rotatable bonds is 6. The Labute approximate surface area is 145 Å². The summed E-state index contributed by atoms with van der Waals surface area (Å²) >= 11 is 12.1. The Hall–Kier alpha value is -1.97. The van der Waals surface area contributed by atoms with Gasteiger partial charge in [-0.1, -0.05) is 47.5 Å². The first-order valence-corrected chi connectivity index (χ1v) is 8.06. The number of ether oxygens (including phenoxy) is 1. The molecule has 0 bridgehead atoms. The van der Waals surface area contributed by atoms with Crippen LogP contribution >= 0.6 is 23.2 Å². The van der Waals surface area contributed by atoms with Crippen LogP contribution in [0.25, 0.3) is 0 Å². The van der Waals surface area contributed by atoms with Crippen molar-refractivity contribution in [3.63, 3.8) is 0 Å². The van der Waals surface area contributed by atoms with Crippen molar-refractivity contribution in [3.8, 4) is 5.75 Å². The number of benzene rings is 2. The fourth-order valence-corrected chi connectivity index (χ4v) is 2.71. The van der Waals surface area contributed by atoms with Crippen LogP contribution in [0.4, 0.5) is 0 Å². The summed E-state index contributed by atoms with van der Waals surface area (Å²) in [4.78, 5) is 4.10. The highest BCUT2D eigenvalue weighted by atomic mass is 35.5. The zero-order chi connectivity index (χ0) is 16.1. The van der Waals surface area contributed by atoms with Crippen LogP contribution in [-0.2, 0) is 6.54 Å². The zero-order valence-electron chi connectivity index (χ0n) is 12.4. The van der Waals surface area contributed by atoms with E-state index in [0.29, 0.717) is 17.4 Å². The minimum Gasteiger partial charge on any atom is -0.491 e. The highest BCUT2D eigenvalue weighted by Crippen LogP contribution is 2.26. The summed E-state index contributed by atoms with van der Waals surface area (Å²) in [5.41, 5.74) is 1.16. The normalized spacial score (nSPS) is 12.1. The van der Waals surface area contributed by atoms with E-state index in [2.05, 4.69) is 4.98 Å². The van der Waals surface area contributed by atoms with E-state index in [9.17, 15) is 0 Å². The van der Waals surface area contributed by atoms with E-state index >= 15 is 0 Å². The second-order valence-corrected chi connectivity index (χ2v) is 6.09. The average molecular weight is 347 g/mol. The van der Waals surface area contributed by atoms with Crippen molar-refractivity contribution in [2.45, 2.75) is 12.5 Å². The van der Waals surface area contributed by atoms with Crippen LogP contribution < -0.4 is 4.74 Å². The Kier molecular flexibility index (Phi) is 5.21. The molecule has 3 nitrogen and oxygen atoms in total. The van der Waals surface area contributed by atoms with Crippen LogP contribution in [0, 0.1) is 0 Å². The largest absolute Gasteiger partial charge is 0.491 e. The van der Waals surface area contributed by atoms with Gasteiger partial charge in [-0.25, -0.2) is 4.98 Å². The summed E-state index contributed by atoms with van der Waals surface area (Å²) in [6.07, 6.45) is 5.52. The van der Waals surface area contributed by atoms with Gasteiger partial charge in [0.1, 0.15) is 5.75 Å². The maximum Gasteiger partial charge on any atom is 0.137 e. The van der Waals surface area contributed by atoms with Gasteiger partial charge in [-0.15, -0.1) is 0 Å². The second-order valence-electron chi connectivity index (χ2n) is 5.25. The Bertz CT molecular complexity index is 742. The predicted octanol–water partition coefficient (Wildman–Crippen LogP) is 5.05. The first-order chi connectivity index (χ1) is 11.2. The van der Waals surface area contributed by atoms with E-state index < -0.39 is 0 Å². The van der Waals surface area contributed by atoms with Gasteiger partial charge in [0.2, 0.25) is 0 Å². The molecule has 1 unspecified atom stereocenters. The van der Waals surface area contributed by atoms with Crippen molar-refractivity contribution >= 4 is 23.2 Å². The third-order valence-corrected chi connectivity index (χ3v) is 4.17. The van der Waals surface area contributed by atoms with E-state index in [-0.39, 0.29) is 5.92 Å². The third kappa shape index (κ3) is 4.27. The minimum atomic E-state index is 0.165. The van der Waals surface area contributed by atoms with Gasteiger partial charge in [0, 0.05) is 29.9 Å². The molecule has 1 aromatic heterocycles. The quantitative estimate of drug-likeness (QED) is 0.624. The highest BCUT2D eigenvalue weighted by Gasteiger charge is 2.14. The van der Waals surface area contributed by atoms with Gasteiger partial charge in [-0.3, -0.25) is 0 Å². The number of aromatic nitrogens is 2. The molecule has 0 spiro atoms. The monoisotopic (exact) mass is 346 g/mol. The van der Waals surface area contributed by atoms with E-state index in [1.165, 1.54) is 0 Å². The SMILES string of the molecule is Clc1ccc(C(COc2ccccc2Cl)Cn2ccnc2)cc1. The number of hydrogen-bond acceptors (Lipinski definition) is 2. The van der Waals surface area contributed by atoms with Gasteiger partial charge in [-0.05, 0) is 29.8 Å². The summed E-state index contributed by atoms with van der Waals surface area (Å²) in [6.45, 7) is 1.29. The zero-order valence-corrected chi connectivity index (χ0v) is 13.9. The molecule has 0 aliphatic rings. The van der Waals surface area contributed by atoms with Crippen LogP contribution in [0.2, 0.25) is 10.0 Å². The molecule has 118 valence electrons. The van der Waals surface area contributed by atoms with Gasteiger partial charge in [0.05, 0.1) is 18.0 Å². The fourth-order valence-electron chi connectivity index (χ4n) is 2.39. The average Bonchev–Trinajstić information content (AvgIpc) is 3.07. The molecule has 3 aromatic rings. The molecule has 0 aliphatic carbocycles. The lowest BCUT2D eigenvalue weighted by molar-refractivity contribution is 0.275. The van der Waals surface area contributed by atoms with Crippen molar-refractivity contribution in [2.24, 2.45) is 0 Å². The molecule has 0 amide bonds. The number of imidazole rings is 1. The first-order valence-electron chi connectivity index (χ1n) is 7.31. The summed E-state index contributed by atoms with van der Waals surface area (Å²) < 4.78 is 7.97. The van der Waals surface area contributed by atoms with Gasteiger partial charge >= 0.3 is 0 Å². The number of hydrogen-bond donors (Lipinski definition) is 0. The molecular weight excluding hydrogens is 331 g/mol. The number of para-hydroxylation sites is 1. The minimum absolute atomic E-state index is 0.165. The summed E-state index contributed by atoms with van der Waals surface area (Å²) in [5, 5.41) is 1.34. The molecule has 2 aromatic carbocycles. The van der Waals surface area contributed by atoms with Crippen molar-refractivity contribution in [1.29, 1.82) is 0 Å². The molecule has 0 aliphatic heterocycles. The maximum absolute atomic E-state index is 6.16. The number of halogens is 2. The topological polar surface area (TPSA) is 27.1 Å². The summed E-state index contributed by atoms with van der Waals surface area (Å²) in [5.74, 6) is 0.858. The lowest BCUT2D eigenvalue weighted by Crippen LogP contribution is -2.16. The van der Waals surface area contributed by atoms with Crippen LogP contribution in [-0.4, -0.2) is 16.2 Å². The molecule has 0 saturated carbocycles. The Morgan fingerprint density at radius 2 is 1.83 bits per heavy atom. The fraction of sp³-hybridized carbons (Fsp3) is 0.167. The lowest BCUT2D eigenvalue weighted by atomic mass is 10.00. The molecule has 3 rings (SSSR count). The molecule has 5 heteroatoms. The Morgan fingerprint density at radius 3 is 2.52 bits per heavy atom. The number of nitrogens with zero attached hydrogens (tertiary/aromatic N) is 2. The van der Waals surface area contributed by atoms with E-state index in [0.717, 1.165) is 17.1 Å². The van der Waals surface area contributed by atoms with Crippen LogP contribution in [0.5, 0.6) is 5.75 Å².